The molecule has 2 fully saturated rings. The first kappa shape index (κ1) is 44.0. The maximum Gasteiger partial charge on any atom is 0.184 e. The third-order valence-corrected chi connectivity index (χ3v) is 14.5. The summed E-state index contributed by atoms with van der Waals surface area (Å²) < 4.78 is 27.9. The molecule has 0 unspecified atom stereocenters. The number of benzene rings is 10. The summed E-state index contributed by atoms with van der Waals surface area (Å²) >= 11 is 0. The summed E-state index contributed by atoms with van der Waals surface area (Å²) in [6.45, 7) is 2.48. The Kier molecular flexibility index (Phi) is 11.1. The fourth-order valence-corrected chi connectivity index (χ4v) is 11.1. The van der Waals surface area contributed by atoms with E-state index in [9.17, 15) is 0 Å². The van der Waals surface area contributed by atoms with Crippen LogP contribution in [0.3, 0.4) is 0 Å². The summed E-state index contributed by atoms with van der Waals surface area (Å²) in [4.78, 5) is 4.69. The van der Waals surface area contributed by atoms with Gasteiger partial charge >= 0.3 is 0 Å². The van der Waals surface area contributed by atoms with Crippen LogP contribution in [0.15, 0.2) is 243 Å². The Bertz CT molecular complexity index is 3690. The molecule has 4 heterocycles. The number of hydrogen-bond acceptors (Lipinski definition) is 6. The number of anilines is 6. The number of aromatic nitrogens is 2. The lowest BCUT2D eigenvalue weighted by atomic mass is 10.0. The standard InChI is InChI=1S/C66H50N4O4/c1-3-11-49(12-4-1)67(55-35-37-63-59(43-55)57-15-7-9-17-61(57)69(63)53-31-23-47(24-32-53)65-71-39-40-72-65)51-27-19-45(20-28-51)46-21-29-52(30-22-46)68(50-13-5-2-6-14-50)56-36-38-64-60(44-56)58-16-8-10-18-62(58)70(64)54-33-25-48(26-34-54)66-73-41-42-74-66/h1-38,43-44,65-66H,39-42H2. The van der Waals surface area contributed by atoms with Crippen molar-refractivity contribution in [2.75, 3.05) is 36.2 Å². The summed E-state index contributed by atoms with van der Waals surface area (Å²) in [7, 11) is 0. The average Bonchev–Trinajstić information content (AvgIpc) is 4.32. The van der Waals surface area contributed by atoms with Crippen LogP contribution in [0.1, 0.15) is 23.7 Å². The number of rotatable bonds is 11. The third kappa shape index (κ3) is 7.80. The molecule has 12 aromatic rings. The van der Waals surface area contributed by atoms with E-state index < -0.39 is 0 Å². The van der Waals surface area contributed by atoms with Crippen LogP contribution >= 0.6 is 0 Å². The van der Waals surface area contributed by atoms with Crippen molar-refractivity contribution >= 4 is 77.7 Å². The van der Waals surface area contributed by atoms with Gasteiger partial charge in [0, 0.05) is 78.2 Å². The Morgan fingerprint density at radius 1 is 0.284 bits per heavy atom. The van der Waals surface area contributed by atoms with Gasteiger partial charge in [-0.3, -0.25) is 0 Å². The number of para-hydroxylation sites is 4. The van der Waals surface area contributed by atoms with Crippen LogP contribution in [-0.2, 0) is 18.9 Å². The zero-order valence-corrected chi connectivity index (χ0v) is 40.5. The topological polar surface area (TPSA) is 53.3 Å². The van der Waals surface area contributed by atoms with Gasteiger partial charge in [0.25, 0.3) is 0 Å². The van der Waals surface area contributed by atoms with Gasteiger partial charge in [-0.25, -0.2) is 0 Å². The first-order valence-corrected chi connectivity index (χ1v) is 25.3. The van der Waals surface area contributed by atoms with Crippen molar-refractivity contribution in [3.05, 3.63) is 254 Å². The quantitative estimate of drug-likeness (QED) is 0.129. The Balaban J connectivity index is 0.787. The van der Waals surface area contributed by atoms with E-state index in [0.717, 1.165) is 89.8 Å². The summed E-state index contributed by atoms with van der Waals surface area (Å²) in [5, 5.41) is 4.77. The van der Waals surface area contributed by atoms with E-state index in [2.05, 4.69) is 262 Å². The molecular formula is C66H50N4O4. The molecule has 8 heteroatoms. The fraction of sp³-hybridized carbons (Fsp3) is 0.0909. The van der Waals surface area contributed by atoms with Crippen molar-refractivity contribution in [3.63, 3.8) is 0 Å². The van der Waals surface area contributed by atoms with Crippen molar-refractivity contribution in [2.45, 2.75) is 12.6 Å². The van der Waals surface area contributed by atoms with Gasteiger partial charge in [0.15, 0.2) is 12.6 Å². The van der Waals surface area contributed by atoms with Crippen LogP contribution in [0.5, 0.6) is 0 Å². The van der Waals surface area contributed by atoms with E-state index in [1.54, 1.807) is 0 Å². The Morgan fingerprint density at radius 2 is 0.608 bits per heavy atom. The van der Waals surface area contributed by atoms with Crippen LogP contribution in [0.4, 0.5) is 34.1 Å². The van der Waals surface area contributed by atoms with Gasteiger partial charge in [-0.05, 0) is 132 Å². The van der Waals surface area contributed by atoms with Gasteiger partial charge < -0.3 is 37.9 Å². The normalized spacial score (nSPS) is 14.2. The predicted octanol–water partition coefficient (Wildman–Crippen LogP) is 16.6. The minimum atomic E-state index is -0.307. The summed E-state index contributed by atoms with van der Waals surface area (Å²) in [5.41, 5.74) is 17.6. The lowest BCUT2D eigenvalue weighted by molar-refractivity contribution is -0.0443. The maximum absolute atomic E-state index is 5.79. The average molecular weight is 963 g/mol. The fourth-order valence-electron chi connectivity index (χ4n) is 11.1. The highest BCUT2D eigenvalue weighted by Gasteiger charge is 2.23. The highest BCUT2D eigenvalue weighted by molar-refractivity contribution is 6.12. The molecule has 0 amide bonds. The zero-order chi connectivity index (χ0) is 49.0. The van der Waals surface area contributed by atoms with Gasteiger partial charge in [0.05, 0.1) is 48.5 Å². The second kappa shape index (κ2) is 18.7. The van der Waals surface area contributed by atoms with Gasteiger partial charge in [-0.2, -0.15) is 0 Å². The van der Waals surface area contributed by atoms with Crippen LogP contribution in [-0.4, -0.2) is 35.6 Å². The molecule has 14 rings (SSSR count). The van der Waals surface area contributed by atoms with Crippen molar-refractivity contribution in [1.82, 2.24) is 9.13 Å². The van der Waals surface area contributed by atoms with E-state index in [4.69, 9.17) is 18.9 Å². The van der Waals surface area contributed by atoms with Crippen LogP contribution < -0.4 is 9.80 Å². The van der Waals surface area contributed by atoms with Crippen molar-refractivity contribution < 1.29 is 18.9 Å². The molecule has 2 aliphatic heterocycles. The van der Waals surface area contributed by atoms with Crippen LogP contribution in [0.2, 0.25) is 0 Å². The lowest BCUT2D eigenvalue weighted by Crippen LogP contribution is -2.10. The van der Waals surface area contributed by atoms with Crippen LogP contribution in [0, 0.1) is 0 Å². The molecule has 0 aliphatic carbocycles. The van der Waals surface area contributed by atoms with E-state index in [0.29, 0.717) is 26.4 Å². The van der Waals surface area contributed by atoms with Gasteiger partial charge in [-0.15, -0.1) is 0 Å². The zero-order valence-electron chi connectivity index (χ0n) is 40.5. The molecule has 0 spiro atoms. The molecule has 0 N–H and O–H groups in total. The minimum absolute atomic E-state index is 0.307. The van der Waals surface area contributed by atoms with Crippen molar-refractivity contribution in [2.24, 2.45) is 0 Å². The SMILES string of the molecule is c1ccc(N(c2ccc(-c3ccc(N(c4ccccc4)c4ccc5c(c4)c4ccccc4n5-c4ccc(C5OCCO5)cc4)cc3)cc2)c2ccc3c(c2)c2ccccc2n3-c2ccc(C3OCCO3)cc2)cc1. The van der Waals surface area contributed by atoms with E-state index in [1.807, 2.05) is 0 Å². The molecule has 0 saturated carbocycles. The highest BCUT2D eigenvalue weighted by Crippen LogP contribution is 2.43. The molecule has 2 saturated heterocycles. The van der Waals surface area contributed by atoms with E-state index >= 15 is 0 Å². The molecule has 10 aromatic carbocycles. The summed E-state index contributed by atoms with van der Waals surface area (Å²) in [6.07, 6.45) is -0.613. The number of ether oxygens (including phenoxy) is 4. The Morgan fingerprint density at radius 3 is 1.00 bits per heavy atom. The second-order valence-corrected chi connectivity index (χ2v) is 18.9. The van der Waals surface area contributed by atoms with Gasteiger partial charge in [-0.1, -0.05) is 121 Å². The number of fused-ring (bicyclic) bond motifs is 6. The summed E-state index contributed by atoms with van der Waals surface area (Å²) in [6, 6.07) is 87.2. The monoisotopic (exact) mass is 962 g/mol. The lowest BCUT2D eigenvalue weighted by Gasteiger charge is -2.26. The molecule has 0 bridgehead atoms. The third-order valence-electron chi connectivity index (χ3n) is 14.5. The maximum atomic E-state index is 5.79. The smallest absolute Gasteiger partial charge is 0.184 e. The second-order valence-electron chi connectivity index (χ2n) is 18.9. The highest BCUT2D eigenvalue weighted by atomic mass is 16.7. The molecule has 358 valence electrons. The first-order chi connectivity index (χ1) is 36.7. The van der Waals surface area contributed by atoms with Crippen LogP contribution in [0.25, 0.3) is 66.1 Å². The molecular weight excluding hydrogens is 913 g/mol. The van der Waals surface area contributed by atoms with Gasteiger partial charge in [0.1, 0.15) is 0 Å². The van der Waals surface area contributed by atoms with Crippen molar-refractivity contribution in [3.8, 4) is 22.5 Å². The molecule has 0 radical (unpaired) electrons. The largest absolute Gasteiger partial charge is 0.346 e. The molecule has 8 nitrogen and oxygen atoms in total. The first-order valence-electron chi connectivity index (χ1n) is 25.3. The van der Waals surface area contributed by atoms with Gasteiger partial charge in [0.2, 0.25) is 0 Å². The van der Waals surface area contributed by atoms with Crippen molar-refractivity contribution in [1.29, 1.82) is 0 Å². The number of nitrogens with zero attached hydrogens (tertiary/aromatic N) is 4. The minimum Gasteiger partial charge on any atom is -0.346 e. The van der Waals surface area contributed by atoms with E-state index in [-0.39, 0.29) is 12.6 Å². The number of hydrogen-bond donors (Lipinski definition) is 0. The molecule has 74 heavy (non-hydrogen) atoms. The summed E-state index contributed by atoms with van der Waals surface area (Å²) in [5.74, 6) is 0. The Labute approximate surface area is 429 Å². The Hall–Kier alpha value is -8.76. The van der Waals surface area contributed by atoms with E-state index in [1.165, 1.54) is 21.5 Å². The predicted molar refractivity (Wildman–Crippen MR) is 299 cm³/mol. The molecule has 2 aliphatic rings. The molecule has 2 aromatic heterocycles. The molecule has 0 atom stereocenters.